The van der Waals surface area contributed by atoms with Gasteiger partial charge in [-0.3, -0.25) is 10.2 Å². The van der Waals surface area contributed by atoms with Gasteiger partial charge in [-0.2, -0.15) is 0 Å². The van der Waals surface area contributed by atoms with E-state index in [1.165, 1.54) is 0 Å². The Bertz CT molecular complexity index is 1110. The van der Waals surface area contributed by atoms with E-state index in [2.05, 4.69) is 0 Å². The van der Waals surface area contributed by atoms with Gasteiger partial charge in [0.2, 0.25) is 5.62 Å². The van der Waals surface area contributed by atoms with E-state index in [0.29, 0.717) is 12.1 Å². The lowest BCUT2D eigenvalue weighted by Crippen LogP contribution is -2.27. The van der Waals surface area contributed by atoms with E-state index in [-0.39, 0.29) is 51.5 Å². The lowest BCUT2D eigenvalue weighted by atomic mass is 9.78. The van der Waals surface area contributed by atoms with Gasteiger partial charge in [-0.25, -0.2) is 0 Å². The number of aromatic nitrogens is 2. The maximum Gasteiger partial charge on any atom is 0.202 e. The van der Waals surface area contributed by atoms with Crippen molar-refractivity contribution < 1.29 is 9.90 Å². The number of hydrogen-bond donors (Lipinski definition) is 2. The molecular weight excluding hydrogens is 466 g/mol. The van der Waals surface area contributed by atoms with Crippen LogP contribution in [0.15, 0.2) is 54.9 Å². The number of rotatable bonds is 5. The minimum Gasteiger partial charge on any atom is -0.507 e. The van der Waals surface area contributed by atoms with Crippen molar-refractivity contribution in [3.63, 3.8) is 0 Å². The molecule has 0 amide bonds. The van der Waals surface area contributed by atoms with Crippen molar-refractivity contribution in [3.05, 3.63) is 82.7 Å². The first-order chi connectivity index (χ1) is 14.4. The number of aromatic hydroxyl groups is 1. The second-order valence-electron chi connectivity index (χ2n) is 10.2. The minimum atomic E-state index is -0.299. The maximum absolute atomic E-state index is 13.2. The van der Waals surface area contributed by atoms with Crippen LogP contribution >= 0.6 is 17.0 Å². The molecule has 0 saturated heterocycles. The number of nitrogens with one attached hydrogen (secondary N) is 1. The van der Waals surface area contributed by atoms with E-state index in [9.17, 15) is 9.90 Å². The summed E-state index contributed by atoms with van der Waals surface area (Å²) in [5.41, 5.74) is 2.88. The van der Waals surface area contributed by atoms with Crippen LogP contribution in [0.2, 0.25) is 0 Å². The van der Waals surface area contributed by atoms with Crippen molar-refractivity contribution in [2.45, 2.75) is 65.5 Å². The summed E-state index contributed by atoms with van der Waals surface area (Å²) in [4.78, 5) is 13.2. The number of benzene rings is 2. The van der Waals surface area contributed by atoms with Crippen LogP contribution in [0.3, 0.4) is 0 Å². The summed E-state index contributed by atoms with van der Waals surface area (Å²) >= 11 is 0. The molecule has 3 rings (SSSR count). The minimum absolute atomic E-state index is 0. The first-order valence-electron chi connectivity index (χ1n) is 10.6. The van der Waals surface area contributed by atoms with Crippen LogP contribution in [0.1, 0.15) is 68.6 Å². The molecule has 0 radical (unpaired) electrons. The molecule has 32 heavy (non-hydrogen) atoms. The average Bonchev–Trinajstić information content (AvgIpc) is 3.00. The lowest BCUT2D eigenvalue weighted by molar-refractivity contribution is 0.0970. The van der Waals surface area contributed by atoms with Crippen LogP contribution in [0.25, 0.3) is 0 Å². The smallest absolute Gasteiger partial charge is 0.202 e. The molecule has 0 saturated carbocycles. The number of phenolic OH excluding ortho intramolecular Hbond substituents is 1. The molecule has 0 atom stereocenters. The van der Waals surface area contributed by atoms with E-state index in [4.69, 9.17) is 5.41 Å². The summed E-state index contributed by atoms with van der Waals surface area (Å²) in [6, 6.07) is 13.6. The van der Waals surface area contributed by atoms with Crippen molar-refractivity contribution in [3.8, 4) is 5.75 Å². The Morgan fingerprint density at radius 3 is 1.91 bits per heavy atom. The molecule has 2 N–H and O–H groups in total. The van der Waals surface area contributed by atoms with E-state index < -0.39 is 0 Å². The molecule has 3 aromatic rings. The predicted octanol–water partition coefficient (Wildman–Crippen LogP) is 5.58. The summed E-state index contributed by atoms with van der Waals surface area (Å²) in [6.07, 6.45) is 3.61. The number of halogens is 1. The SMILES string of the molecule is Br.CC(C)(C)c1cc(C(=O)Cn2ccn(Cc3ccccc3)c2=N)cc(C(C)(C)C)c1O. The molecular formula is C26H34BrN3O2. The largest absolute Gasteiger partial charge is 0.507 e. The van der Waals surface area contributed by atoms with E-state index in [1.807, 2.05) is 82.6 Å². The van der Waals surface area contributed by atoms with Crippen LogP contribution in [0.4, 0.5) is 0 Å². The van der Waals surface area contributed by atoms with Gasteiger partial charge in [-0.15, -0.1) is 17.0 Å². The van der Waals surface area contributed by atoms with Crippen molar-refractivity contribution in [1.29, 1.82) is 5.41 Å². The standard InChI is InChI=1S/C26H33N3O2.BrH/c1-25(2,3)20-14-19(15-21(23(20)31)26(4,5)6)22(30)17-29-13-12-28(24(29)27)16-18-10-8-7-9-11-18;/h7-15,27,31H,16-17H2,1-6H3;1H. The van der Waals surface area contributed by atoms with Gasteiger partial charge in [-0.05, 0) is 28.5 Å². The molecule has 1 aromatic heterocycles. The van der Waals surface area contributed by atoms with Gasteiger partial charge in [0, 0.05) is 29.1 Å². The van der Waals surface area contributed by atoms with Gasteiger partial charge in [0.15, 0.2) is 5.78 Å². The third-order valence-corrected chi connectivity index (χ3v) is 5.53. The fourth-order valence-electron chi connectivity index (χ4n) is 3.69. The summed E-state index contributed by atoms with van der Waals surface area (Å²) in [7, 11) is 0. The van der Waals surface area contributed by atoms with E-state index in [1.54, 1.807) is 22.9 Å². The zero-order chi connectivity index (χ0) is 23.0. The van der Waals surface area contributed by atoms with E-state index >= 15 is 0 Å². The molecule has 0 bridgehead atoms. The van der Waals surface area contributed by atoms with Crippen molar-refractivity contribution >= 4 is 22.8 Å². The van der Waals surface area contributed by atoms with Crippen molar-refractivity contribution in [2.75, 3.05) is 0 Å². The van der Waals surface area contributed by atoms with Gasteiger partial charge in [0.25, 0.3) is 0 Å². The van der Waals surface area contributed by atoms with Gasteiger partial charge in [-0.1, -0.05) is 71.9 Å². The number of carbonyl (C=O) groups is 1. The second-order valence-corrected chi connectivity index (χ2v) is 10.2. The number of carbonyl (C=O) groups excluding carboxylic acids is 1. The number of ketones is 1. The maximum atomic E-state index is 13.2. The highest BCUT2D eigenvalue weighted by molar-refractivity contribution is 8.93. The molecule has 5 nitrogen and oxygen atoms in total. The molecule has 1 heterocycles. The zero-order valence-corrected chi connectivity index (χ0v) is 21.5. The Kier molecular flexibility index (Phi) is 7.61. The summed E-state index contributed by atoms with van der Waals surface area (Å²) in [6.45, 7) is 12.9. The van der Waals surface area contributed by atoms with Gasteiger partial charge in [0.1, 0.15) is 5.75 Å². The Labute approximate surface area is 201 Å². The molecule has 0 unspecified atom stereocenters. The Balaban J connectivity index is 0.00000363. The molecule has 0 spiro atoms. The van der Waals surface area contributed by atoms with Gasteiger partial charge in [0.05, 0.1) is 13.1 Å². The van der Waals surface area contributed by atoms with Crippen LogP contribution in [0, 0.1) is 5.41 Å². The number of imidazole rings is 1. The van der Waals surface area contributed by atoms with E-state index in [0.717, 1.165) is 16.7 Å². The highest BCUT2D eigenvalue weighted by atomic mass is 79.9. The van der Waals surface area contributed by atoms with Gasteiger partial charge < -0.3 is 14.2 Å². The van der Waals surface area contributed by atoms with Crippen LogP contribution in [-0.2, 0) is 23.9 Å². The predicted molar refractivity (Wildman–Crippen MR) is 134 cm³/mol. The third-order valence-electron chi connectivity index (χ3n) is 5.53. The number of hydrogen-bond acceptors (Lipinski definition) is 3. The molecule has 2 aromatic carbocycles. The van der Waals surface area contributed by atoms with Crippen LogP contribution in [-0.4, -0.2) is 20.0 Å². The fraction of sp³-hybridized carbons (Fsp3) is 0.385. The molecule has 0 fully saturated rings. The summed E-state index contributed by atoms with van der Waals surface area (Å²) < 4.78 is 3.48. The first kappa shape index (κ1) is 25.7. The highest BCUT2D eigenvalue weighted by Crippen LogP contribution is 2.39. The Hall–Kier alpha value is -2.60. The Morgan fingerprint density at radius 1 is 0.906 bits per heavy atom. The summed E-state index contributed by atoms with van der Waals surface area (Å²) in [5.74, 6) is 0.186. The van der Waals surface area contributed by atoms with Crippen molar-refractivity contribution in [1.82, 2.24) is 9.13 Å². The molecule has 0 aliphatic carbocycles. The second kappa shape index (κ2) is 9.49. The first-order valence-corrected chi connectivity index (χ1v) is 10.6. The quantitative estimate of drug-likeness (QED) is 0.449. The topological polar surface area (TPSA) is 71.0 Å². The molecule has 0 aliphatic heterocycles. The zero-order valence-electron chi connectivity index (χ0n) is 19.8. The monoisotopic (exact) mass is 499 g/mol. The molecule has 6 heteroatoms. The van der Waals surface area contributed by atoms with Gasteiger partial charge >= 0.3 is 0 Å². The Morgan fingerprint density at radius 2 is 1.41 bits per heavy atom. The average molecular weight is 500 g/mol. The highest BCUT2D eigenvalue weighted by Gasteiger charge is 2.27. The summed E-state index contributed by atoms with van der Waals surface area (Å²) in [5, 5.41) is 19.4. The van der Waals surface area contributed by atoms with Crippen LogP contribution < -0.4 is 5.62 Å². The normalized spacial score (nSPS) is 11.8. The molecule has 0 aliphatic rings. The molecule has 172 valence electrons. The number of Topliss-reactive ketones (excluding diaryl/α,β-unsaturated/α-hetero) is 1. The number of phenols is 1. The fourth-order valence-corrected chi connectivity index (χ4v) is 3.69. The van der Waals surface area contributed by atoms with Crippen molar-refractivity contribution in [2.24, 2.45) is 0 Å². The van der Waals surface area contributed by atoms with Crippen LogP contribution in [0.5, 0.6) is 5.75 Å². The lowest BCUT2D eigenvalue weighted by Gasteiger charge is -2.28. The third kappa shape index (κ3) is 5.60. The number of nitrogens with zero attached hydrogens (tertiary/aromatic N) is 2.